The van der Waals surface area contributed by atoms with E-state index < -0.39 is 10.0 Å². The van der Waals surface area contributed by atoms with Crippen LogP contribution in [0.2, 0.25) is 0 Å². The molecule has 0 radical (unpaired) electrons. The quantitative estimate of drug-likeness (QED) is 0.841. The summed E-state index contributed by atoms with van der Waals surface area (Å²) >= 11 is 7.86. The first-order valence-corrected chi connectivity index (χ1v) is 8.88. The van der Waals surface area contributed by atoms with Crippen molar-refractivity contribution in [3.05, 3.63) is 13.6 Å². The molecular formula is C9H11Br2NO3S2. The largest absolute Gasteiger partial charge is 0.395 e. The summed E-state index contributed by atoms with van der Waals surface area (Å²) in [6, 6.07) is 1.31. The molecule has 2 heterocycles. The van der Waals surface area contributed by atoms with Crippen LogP contribution in [0.4, 0.5) is 0 Å². The van der Waals surface area contributed by atoms with E-state index in [2.05, 4.69) is 31.9 Å². The molecule has 96 valence electrons. The smallest absolute Gasteiger partial charge is 0.245 e. The summed E-state index contributed by atoms with van der Waals surface area (Å²) in [5.74, 6) is 0. The van der Waals surface area contributed by atoms with Gasteiger partial charge in [-0.25, -0.2) is 8.42 Å². The second kappa shape index (κ2) is 5.26. The molecule has 1 aliphatic heterocycles. The van der Waals surface area contributed by atoms with Crippen LogP contribution in [-0.2, 0) is 10.0 Å². The molecule has 4 nitrogen and oxygen atoms in total. The van der Waals surface area contributed by atoms with Crippen LogP contribution in [0.5, 0.6) is 0 Å². The van der Waals surface area contributed by atoms with Gasteiger partial charge in [-0.1, -0.05) is 0 Å². The zero-order valence-corrected chi connectivity index (χ0v) is 13.6. The van der Waals surface area contributed by atoms with Gasteiger partial charge in [0.15, 0.2) is 0 Å². The molecule has 0 bridgehead atoms. The Hall–Kier alpha value is 0.530. The molecule has 1 atom stereocenters. The highest BCUT2D eigenvalue weighted by Gasteiger charge is 2.36. The second-order valence-corrected chi connectivity index (χ2v) is 9.39. The van der Waals surface area contributed by atoms with E-state index in [0.29, 0.717) is 10.3 Å². The first kappa shape index (κ1) is 14.0. The van der Waals surface area contributed by atoms with Crippen molar-refractivity contribution in [1.82, 2.24) is 4.31 Å². The molecule has 0 aromatic carbocycles. The van der Waals surface area contributed by atoms with Crippen molar-refractivity contribution in [2.75, 3.05) is 13.2 Å². The lowest BCUT2D eigenvalue weighted by molar-refractivity contribution is 0.213. The van der Waals surface area contributed by atoms with Crippen LogP contribution in [0.3, 0.4) is 0 Å². The highest BCUT2D eigenvalue weighted by atomic mass is 79.9. The van der Waals surface area contributed by atoms with Gasteiger partial charge in [-0.15, -0.1) is 11.3 Å². The van der Waals surface area contributed by atoms with E-state index in [1.54, 1.807) is 6.07 Å². The van der Waals surface area contributed by atoms with Gasteiger partial charge in [0, 0.05) is 12.6 Å². The molecule has 1 fully saturated rings. The van der Waals surface area contributed by atoms with E-state index in [9.17, 15) is 13.5 Å². The van der Waals surface area contributed by atoms with E-state index in [1.807, 2.05) is 0 Å². The van der Waals surface area contributed by atoms with Crippen LogP contribution in [-0.4, -0.2) is 37.0 Å². The Balaban J connectivity index is 2.39. The molecule has 1 aliphatic rings. The van der Waals surface area contributed by atoms with Crippen molar-refractivity contribution < 1.29 is 13.5 Å². The molecule has 2 rings (SSSR count). The molecule has 1 saturated heterocycles. The predicted molar refractivity (Wildman–Crippen MR) is 73.7 cm³/mol. The van der Waals surface area contributed by atoms with Gasteiger partial charge in [0.05, 0.1) is 14.2 Å². The Morgan fingerprint density at radius 2 is 2.24 bits per heavy atom. The third-order valence-corrected chi connectivity index (χ3v) is 7.45. The molecule has 0 amide bonds. The van der Waals surface area contributed by atoms with Crippen molar-refractivity contribution in [1.29, 1.82) is 0 Å². The summed E-state index contributed by atoms with van der Waals surface area (Å²) in [7, 11) is -3.50. The fourth-order valence-corrected chi connectivity index (χ4v) is 7.38. The summed E-state index contributed by atoms with van der Waals surface area (Å²) in [5.41, 5.74) is 0. The molecule has 0 unspecified atom stereocenters. The van der Waals surface area contributed by atoms with Gasteiger partial charge in [-0.2, -0.15) is 4.31 Å². The number of hydrogen-bond acceptors (Lipinski definition) is 4. The summed E-state index contributed by atoms with van der Waals surface area (Å²) in [5, 5.41) is 9.20. The van der Waals surface area contributed by atoms with Crippen LogP contribution in [0.1, 0.15) is 12.8 Å². The van der Waals surface area contributed by atoms with Crippen molar-refractivity contribution in [2.24, 2.45) is 0 Å². The Morgan fingerprint density at radius 3 is 2.76 bits per heavy atom. The predicted octanol–water partition coefficient (Wildman–Crippen LogP) is 2.42. The lowest BCUT2D eigenvalue weighted by atomic mass is 10.2. The lowest BCUT2D eigenvalue weighted by Crippen LogP contribution is -2.37. The van der Waals surface area contributed by atoms with Gasteiger partial charge in [0.1, 0.15) is 4.90 Å². The van der Waals surface area contributed by atoms with Crippen LogP contribution >= 0.6 is 43.2 Å². The van der Waals surface area contributed by atoms with Crippen LogP contribution < -0.4 is 0 Å². The monoisotopic (exact) mass is 403 g/mol. The normalized spacial score (nSPS) is 22.2. The maximum absolute atomic E-state index is 12.4. The molecular weight excluding hydrogens is 394 g/mol. The fraction of sp³-hybridized carbons (Fsp3) is 0.556. The van der Waals surface area contributed by atoms with Crippen LogP contribution in [0.25, 0.3) is 0 Å². The zero-order valence-electron chi connectivity index (χ0n) is 8.77. The Morgan fingerprint density at radius 1 is 1.53 bits per heavy atom. The number of nitrogens with zero attached hydrogens (tertiary/aromatic N) is 1. The topological polar surface area (TPSA) is 57.6 Å². The van der Waals surface area contributed by atoms with E-state index in [0.717, 1.165) is 16.6 Å². The minimum Gasteiger partial charge on any atom is -0.395 e. The van der Waals surface area contributed by atoms with E-state index in [1.165, 1.54) is 15.6 Å². The Kier molecular flexibility index (Phi) is 4.32. The van der Waals surface area contributed by atoms with E-state index >= 15 is 0 Å². The van der Waals surface area contributed by atoms with Crippen molar-refractivity contribution in [2.45, 2.75) is 23.8 Å². The summed E-state index contributed by atoms with van der Waals surface area (Å²) in [6.07, 6.45) is 1.52. The minimum atomic E-state index is -3.50. The van der Waals surface area contributed by atoms with Gasteiger partial charge >= 0.3 is 0 Å². The van der Waals surface area contributed by atoms with Crippen molar-refractivity contribution in [3.8, 4) is 0 Å². The van der Waals surface area contributed by atoms with Crippen molar-refractivity contribution >= 4 is 53.2 Å². The van der Waals surface area contributed by atoms with Gasteiger partial charge in [-0.3, -0.25) is 0 Å². The highest BCUT2D eigenvalue weighted by Crippen LogP contribution is 2.37. The van der Waals surface area contributed by atoms with E-state index in [-0.39, 0.29) is 17.5 Å². The summed E-state index contributed by atoms with van der Waals surface area (Å²) < 4.78 is 27.6. The average Bonchev–Trinajstić information content (AvgIpc) is 2.84. The third-order valence-electron chi connectivity index (χ3n) is 2.75. The zero-order chi connectivity index (χ0) is 12.6. The molecule has 0 aliphatic carbocycles. The Labute approximate surface area is 121 Å². The summed E-state index contributed by atoms with van der Waals surface area (Å²) in [6.45, 7) is 0.357. The van der Waals surface area contributed by atoms with Gasteiger partial charge in [0.2, 0.25) is 10.0 Å². The molecule has 1 aromatic heterocycles. The fourth-order valence-electron chi connectivity index (χ4n) is 1.94. The maximum Gasteiger partial charge on any atom is 0.245 e. The van der Waals surface area contributed by atoms with Crippen molar-refractivity contribution in [3.63, 3.8) is 0 Å². The van der Waals surface area contributed by atoms with Crippen LogP contribution in [0.15, 0.2) is 18.5 Å². The molecule has 8 heteroatoms. The molecule has 1 aromatic rings. The minimum absolute atomic E-state index is 0.123. The van der Waals surface area contributed by atoms with E-state index in [4.69, 9.17) is 0 Å². The Bertz CT molecular complexity index is 514. The van der Waals surface area contributed by atoms with Gasteiger partial charge in [0.25, 0.3) is 0 Å². The third kappa shape index (κ3) is 2.62. The number of aliphatic hydroxyl groups excluding tert-OH is 1. The number of aliphatic hydroxyl groups is 1. The average molecular weight is 405 g/mol. The first-order valence-electron chi connectivity index (χ1n) is 5.04. The number of hydrogen-bond donors (Lipinski definition) is 1. The maximum atomic E-state index is 12.4. The van der Waals surface area contributed by atoms with Gasteiger partial charge in [-0.05, 0) is 50.8 Å². The number of halogens is 2. The second-order valence-electron chi connectivity index (χ2n) is 3.78. The lowest BCUT2D eigenvalue weighted by Gasteiger charge is -2.21. The number of sulfonamides is 1. The molecule has 1 N–H and O–H groups in total. The first-order chi connectivity index (χ1) is 7.96. The molecule has 0 spiro atoms. The summed E-state index contributed by atoms with van der Waals surface area (Å²) in [4.78, 5) is 0.273. The van der Waals surface area contributed by atoms with Crippen LogP contribution in [0, 0.1) is 0 Å². The standard InChI is InChI=1S/C9H11Br2NO3S2/c10-8-4-7(9(11)16-8)17(14,15)12-3-1-2-6(12)5-13/h4,6,13H,1-3,5H2/t6-/m0/s1. The SMILES string of the molecule is O=S(=O)(c1cc(Br)sc1Br)N1CCC[C@H]1CO. The highest BCUT2D eigenvalue weighted by molar-refractivity contribution is 9.12. The number of thiophene rings is 1. The van der Waals surface area contributed by atoms with Gasteiger partial charge < -0.3 is 5.11 Å². The molecule has 17 heavy (non-hydrogen) atoms. The molecule has 0 saturated carbocycles. The number of rotatable bonds is 3.